The molecule has 2 saturated heterocycles. The van der Waals surface area contributed by atoms with Gasteiger partial charge in [0.25, 0.3) is 5.91 Å². The molecule has 2 aromatic rings. The second kappa shape index (κ2) is 7.47. The summed E-state index contributed by atoms with van der Waals surface area (Å²) in [5.74, 6) is 0.698. The number of nitrogens with zero attached hydrogens (tertiary/aromatic N) is 3. The molecule has 1 aromatic carbocycles. The third-order valence-electron chi connectivity index (χ3n) is 6.50. The number of carbonyl (C=O) groups excluding carboxylic acids is 2. The van der Waals surface area contributed by atoms with Crippen molar-refractivity contribution in [3.63, 3.8) is 0 Å². The number of likely N-dealkylation sites (tertiary alicyclic amines) is 1. The molecule has 2 fully saturated rings. The molecule has 0 bridgehead atoms. The lowest BCUT2D eigenvalue weighted by Gasteiger charge is -2.30. The number of carboxylic acid groups (broad SMARTS) is 1. The zero-order chi connectivity index (χ0) is 22.6. The number of hydrogen-bond donors (Lipinski definition) is 2. The average molecular weight is 457 g/mol. The Morgan fingerprint density at radius 2 is 2.03 bits per heavy atom. The normalized spacial score (nSPS) is 20.3. The monoisotopic (exact) mass is 456 g/mol. The number of rotatable bonds is 2. The largest absolute Gasteiger partial charge is 0.492 e. The van der Waals surface area contributed by atoms with Crippen LogP contribution in [0.4, 0.5) is 14.7 Å². The Kier molecular flexibility index (Phi) is 4.85. The molecule has 0 spiro atoms. The Balaban J connectivity index is 1.45. The van der Waals surface area contributed by atoms with E-state index in [9.17, 15) is 19.5 Å². The highest BCUT2D eigenvalue weighted by atomic mass is 32.1. The molecule has 0 unspecified atom stereocenters. The molecule has 3 aliphatic rings. The molecule has 168 valence electrons. The minimum atomic E-state index is -0.998. The highest BCUT2D eigenvalue weighted by Gasteiger charge is 2.48. The van der Waals surface area contributed by atoms with Crippen molar-refractivity contribution in [1.82, 2.24) is 15.2 Å². The van der Waals surface area contributed by atoms with E-state index in [-0.39, 0.29) is 11.8 Å². The number of hydrogen-bond acceptors (Lipinski definition) is 6. The SMILES string of the molecule is CC1(C)C(=O)NC(=O)N1c1nc2c(s1)CCOc1cc(C3CCN(C(=O)O)CC3)ccc1-2. The maximum atomic E-state index is 12.4. The lowest BCUT2D eigenvalue weighted by molar-refractivity contribution is -0.122. The van der Waals surface area contributed by atoms with Crippen LogP contribution < -0.4 is 15.0 Å². The van der Waals surface area contributed by atoms with E-state index in [0.29, 0.717) is 31.2 Å². The molecule has 0 saturated carbocycles. The summed E-state index contributed by atoms with van der Waals surface area (Å²) in [6.45, 7) is 4.97. The molecule has 4 heterocycles. The van der Waals surface area contributed by atoms with Gasteiger partial charge in [-0.15, -0.1) is 11.3 Å². The highest BCUT2D eigenvalue weighted by Crippen LogP contribution is 2.43. The van der Waals surface area contributed by atoms with Crippen molar-refractivity contribution in [3.05, 3.63) is 28.6 Å². The molecular formula is C22H24N4O5S. The molecule has 0 aliphatic carbocycles. The van der Waals surface area contributed by atoms with Crippen LogP contribution in [0.3, 0.4) is 0 Å². The molecule has 2 N–H and O–H groups in total. The summed E-state index contributed by atoms with van der Waals surface area (Å²) in [6.07, 6.45) is 1.36. The van der Waals surface area contributed by atoms with E-state index in [4.69, 9.17) is 9.72 Å². The van der Waals surface area contributed by atoms with Crippen LogP contribution in [0.2, 0.25) is 0 Å². The Labute approximate surface area is 189 Å². The summed E-state index contributed by atoms with van der Waals surface area (Å²) < 4.78 is 6.04. The van der Waals surface area contributed by atoms with Gasteiger partial charge in [0.05, 0.1) is 12.3 Å². The quantitative estimate of drug-likeness (QED) is 0.670. The van der Waals surface area contributed by atoms with Gasteiger partial charge in [-0.1, -0.05) is 6.07 Å². The molecule has 1 aromatic heterocycles. The molecule has 4 amide bonds. The van der Waals surface area contributed by atoms with Gasteiger partial charge in [-0.25, -0.2) is 14.6 Å². The molecule has 5 rings (SSSR count). The standard InChI is InChI=1S/C22H24N4O5S/c1-22(2)18(27)24-19(28)26(22)20-23-17-14-4-3-13(11-15(14)31-10-7-16(17)32-20)12-5-8-25(9-6-12)21(29)30/h3-4,11-12H,5-10H2,1-2H3,(H,29,30)(H,24,27,28). The Bertz CT molecular complexity index is 1120. The van der Waals surface area contributed by atoms with E-state index in [0.717, 1.165) is 40.3 Å². The number of carbonyl (C=O) groups is 3. The fourth-order valence-corrected chi connectivity index (χ4v) is 5.77. The topological polar surface area (TPSA) is 112 Å². The van der Waals surface area contributed by atoms with Crippen LogP contribution in [0.5, 0.6) is 5.75 Å². The first kappa shape index (κ1) is 20.7. The number of aromatic nitrogens is 1. The molecule has 10 heteroatoms. The molecule has 32 heavy (non-hydrogen) atoms. The van der Waals surface area contributed by atoms with Gasteiger partial charge in [-0.2, -0.15) is 0 Å². The van der Waals surface area contributed by atoms with Crippen LogP contribution in [-0.4, -0.2) is 58.3 Å². The van der Waals surface area contributed by atoms with Gasteiger partial charge in [0.2, 0.25) is 0 Å². The summed E-state index contributed by atoms with van der Waals surface area (Å²) in [5.41, 5.74) is 1.79. The van der Waals surface area contributed by atoms with E-state index in [1.54, 1.807) is 13.8 Å². The second-order valence-electron chi connectivity index (χ2n) is 8.82. The van der Waals surface area contributed by atoms with Crippen molar-refractivity contribution in [1.29, 1.82) is 0 Å². The number of benzene rings is 1. The first-order valence-electron chi connectivity index (χ1n) is 10.7. The summed E-state index contributed by atoms with van der Waals surface area (Å²) in [5, 5.41) is 12.0. The maximum Gasteiger partial charge on any atom is 0.407 e. The number of thiazole rings is 1. The predicted octanol–water partition coefficient (Wildman–Crippen LogP) is 3.44. The second-order valence-corrected chi connectivity index (χ2v) is 9.88. The summed E-state index contributed by atoms with van der Waals surface area (Å²) in [7, 11) is 0. The van der Waals surface area contributed by atoms with E-state index in [2.05, 4.69) is 11.4 Å². The molecular weight excluding hydrogens is 432 g/mol. The van der Waals surface area contributed by atoms with E-state index in [1.165, 1.54) is 21.1 Å². The Morgan fingerprint density at radius 3 is 2.69 bits per heavy atom. The molecule has 0 radical (unpaired) electrons. The van der Waals surface area contributed by atoms with Gasteiger partial charge < -0.3 is 14.7 Å². The fourth-order valence-electron chi connectivity index (χ4n) is 4.57. The van der Waals surface area contributed by atoms with Crippen molar-refractivity contribution in [2.75, 3.05) is 24.6 Å². The lowest BCUT2D eigenvalue weighted by Crippen LogP contribution is -2.44. The number of imide groups is 1. The minimum Gasteiger partial charge on any atom is -0.492 e. The lowest BCUT2D eigenvalue weighted by atomic mass is 9.88. The van der Waals surface area contributed by atoms with Crippen LogP contribution >= 0.6 is 11.3 Å². The number of anilines is 1. The molecule has 3 aliphatic heterocycles. The number of urea groups is 1. The van der Waals surface area contributed by atoms with Gasteiger partial charge in [-0.05, 0) is 50.3 Å². The van der Waals surface area contributed by atoms with Crippen molar-refractivity contribution < 1.29 is 24.2 Å². The Hall–Kier alpha value is -3.14. The van der Waals surface area contributed by atoms with Crippen molar-refractivity contribution in [2.24, 2.45) is 0 Å². The maximum absolute atomic E-state index is 12.4. The van der Waals surface area contributed by atoms with E-state index < -0.39 is 17.7 Å². The van der Waals surface area contributed by atoms with Crippen LogP contribution in [0.1, 0.15) is 43.0 Å². The number of fused-ring (bicyclic) bond motifs is 3. The number of nitrogens with one attached hydrogen (secondary N) is 1. The van der Waals surface area contributed by atoms with Gasteiger partial charge in [0.15, 0.2) is 5.13 Å². The van der Waals surface area contributed by atoms with Crippen molar-refractivity contribution in [3.8, 4) is 17.0 Å². The molecule has 9 nitrogen and oxygen atoms in total. The van der Waals surface area contributed by atoms with E-state index >= 15 is 0 Å². The smallest absolute Gasteiger partial charge is 0.407 e. The first-order chi connectivity index (χ1) is 15.3. The summed E-state index contributed by atoms with van der Waals surface area (Å²) >= 11 is 1.41. The van der Waals surface area contributed by atoms with Crippen molar-refractivity contribution in [2.45, 2.75) is 44.6 Å². The van der Waals surface area contributed by atoms with Crippen LogP contribution in [-0.2, 0) is 11.2 Å². The number of piperidine rings is 1. The third-order valence-corrected chi connectivity index (χ3v) is 7.60. The van der Waals surface area contributed by atoms with Gasteiger partial charge >= 0.3 is 12.1 Å². The minimum absolute atomic E-state index is 0.285. The van der Waals surface area contributed by atoms with Crippen LogP contribution in [0.15, 0.2) is 18.2 Å². The number of amides is 4. The van der Waals surface area contributed by atoms with Gasteiger partial charge in [-0.3, -0.25) is 15.0 Å². The highest BCUT2D eigenvalue weighted by molar-refractivity contribution is 7.16. The zero-order valence-electron chi connectivity index (χ0n) is 17.9. The fraction of sp³-hybridized carbons (Fsp3) is 0.455. The Morgan fingerprint density at radius 1 is 1.28 bits per heavy atom. The number of ether oxygens (including phenoxy) is 1. The zero-order valence-corrected chi connectivity index (χ0v) is 18.7. The van der Waals surface area contributed by atoms with Crippen molar-refractivity contribution >= 4 is 34.5 Å². The van der Waals surface area contributed by atoms with Crippen LogP contribution in [0.25, 0.3) is 11.3 Å². The van der Waals surface area contributed by atoms with Gasteiger partial charge in [0.1, 0.15) is 11.3 Å². The third kappa shape index (κ3) is 3.29. The molecule has 0 atom stereocenters. The first-order valence-corrected chi connectivity index (χ1v) is 11.5. The van der Waals surface area contributed by atoms with E-state index in [1.807, 2.05) is 12.1 Å². The average Bonchev–Trinajstić information content (AvgIpc) is 3.18. The van der Waals surface area contributed by atoms with Crippen LogP contribution in [0, 0.1) is 0 Å². The summed E-state index contributed by atoms with van der Waals surface area (Å²) in [4.78, 5) is 44.4. The predicted molar refractivity (Wildman–Crippen MR) is 118 cm³/mol. The summed E-state index contributed by atoms with van der Waals surface area (Å²) in [6, 6.07) is 5.65. The van der Waals surface area contributed by atoms with Gasteiger partial charge in [0, 0.05) is 30.0 Å².